The van der Waals surface area contributed by atoms with Crippen LogP contribution in [0.25, 0.3) is 22.4 Å². The molecule has 0 unspecified atom stereocenters. The molecule has 0 amide bonds. The maximum absolute atomic E-state index is 13.5. The molecule has 0 radical (unpaired) electrons. The highest BCUT2D eigenvalue weighted by Crippen LogP contribution is 2.35. The topological polar surface area (TPSA) is 38.0 Å². The van der Waals surface area contributed by atoms with Crippen molar-refractivity contribution in [1.82, 2.24) is 9.55 Å². The zero-order valence-electron chi connectivity index (χ0n) is 11.6. The Morgan fingerprint density at radius 3 is 2.67 bits per heavy atom. The number of benzene rings is 2. The second kappa shape index (κ2) is 5.04. The Labute approximate surface area is 126 Å². The van der Waals surface area contributed by atoms with Crippen molar-refractivity contribution < 1.29 is 9.50 Å². The van der Waals surface area contributed by atoms with Crippen LogP contribution in [-0.2, 0) is 0 Å². The lowest BCUT2D eigenvalue weighted by Crippen LogP contribution is -2.03. The van der Waals surface area contributed by atoms with Gasteiger partial charge in [0.15, 0.2) is 0 Å². The lowest BCUT2D eigenvalue weighted by Gasteiger charge is -2.14. The van der Waals surface area contributed by atoms with E-state index in [1.165, 1.54) is 18.2 Å². The minimum atomic E-state index is -0.314. The number of hydrogen-bond acceptors (Lipinski definition) is 2. The second-order valence-electron chi connectivity index (χ2n) is 5.19. The van der Waals surface area contributed by atoms with Crippen LogP contribution in [0, 0.1) is 5.82 Å². The average molecular weight is 305 g/mol. The van der Waals surface area contributed by atoms with Crippen molar-refractivity contribution in [3.63, 3.8) is 0 Å². The van der Waals surface area contributed by atoms with Crippen molar-refractivity contribution in [2.24, 2.45) is 0 Å². The minimum Gasteiger partial charge on any atom is -0.507 e. The van der Waals surface area contributed by atoms with Crippen molar-refractivity contribution >= 4 is 22.6 Å². The number of imidazole rings is 1. The molecule has 0 saturated carbocycles. The summed E-state index contributed by atoms with van der Waals surface area (Å²) in [6.45, 7) is 3.97. The molecule has 2 aromatic carbocycles. The number of nitrogens with zero attached hydrogens (tertiary/aromatic N) is 2. The number of aromatic nitrogens is 2. The van der Waals surface area contributed by atoms with Crippen LogP contribution in [0.4, 0.5) is 4.39 Å². The lowest BCUT2D eigenvalue weighted by atomic mass is 10.2. The second-order valence-corrected chi connectivity index (χ2v) is 5.63. The number of hydrogen-bond donors (Lipinski definition) is 1. The van der Waals surface area contributed by atoms with Crippen molar-refractivity contribution in [2.45, 2.75) is 19.9 Å². The number of phenols is 1. The van der Waals surface area contributed by atoms with E-state index >= 15 is 0 Å². The van der Waals surface area contributed by atoms with Gasteiger partial charge in [0, 0.05) is 11.1 Å². The van der Waals surface area contributed by atoms with Crippen molar-refractivity contribution in [3.8, 4) is 17.1 Å². The third-order valence-electron chi connectivity index (χ3n) is 3.37. The van der Waals surface area contributed by atoms with Gasteiger partial charge in [-0.25, -0.2) is 9.37 Å². The number of fused-ring (bicyclic) bond motifs is 1. The van der Waals surface area contributed by atoms with Gasteiger partial charge in [0.2, 0.25) is 0 Å². The highest BCUT2D eigenvalue weighted by Gasteiger charge is 2.18. The Hall–Kier alpha value is -2.07. The van der Waals surface area contributed by atoms with Crippen LogP contribution >= 0.6 is 11.6 Å². The van der Waals surface area contributed by atoms with Crippen molar-refractivity contribution in [3.05, 3.63) is 47.2 Å². The van der Waals surface area contributed by atoms with E-state index in [2.05, 4.69) is 4.98 Å². The van der Waals surface area contributed by atoms with Crippen molar-refractivity contribution in [1.29, 1.82) is 0 Å². The highest BCUT2D eigenvalue weighted by molar-refractivity contribution is 6.30. The first-order valence-corrected chi connectivity index (χ1v) is 7.01. The van der Waals surface area contributed by atoms with Crippen molar-refractivity contribution in [2.75, 3.05) is 0 Å². The summed E-state index contributed by atoms with van der Waals surface area (Å²) in [6.07, 6.45) is 0. The molecule has 3 rings (SSSR count). The van der Waals surface area contributed by atoms with E-state index in [0.29, 0.717) is 27.4 Å². The number of aromatic hydroxyl groups is 1. The Balaban J connectivity index is 2.36. The normalized spacial score (nSPS) is 11.5. The van der Waals surface area contributed by atoms with Crippen LogP contribution in [0.1, 0.15) is 19.9 Å². The quantitative estimate of drug-likeness (QED) is 0.739. The lowest BCUT2D eigenvalue weighted by molar-refractivity contribution is 0.476. The molecule has 0 fully saturated rings. The van der Waals surface area contributed by atoms with Gasteiger partial charge in [-0.05, 0) is 50.2 Å². The summed E-state index contributed by atoms with van der Waals surface area (Å²) in [4.78, 5) is 4.52. The van der Waals surface area contributed by atoms with Gasteiger partial charge < -0.3 is 9.67 Å². The van der Waals surface area contributed by atoms with Crippen LogP contribution in [0.3, 0.4) is 0 Å². The van der Waals surface area contributed by atoms with E-state index in [4.69, 9.17) is 11.6 Å². The van der Waals surface area contributed by atoms with Crippen LogP contribution in [0.15, 0.2) is 36.4 Å². The van der Waals surface area contributed by atoms with Gasteiger partial charge in [0.1, 0.15) is 17.4 Å². The maximum Gasteiger partial charge on any atom is 0.145 e. The van der Waals surface area contributed by atoms with Gasteiger partial charge in [-0.2, -0.15) is 0 Å². The Bertz CT molecular complexity index is 827. The minimum absolute atomic E-state index is 0.0604. The SMILES string of the molecule is CC(C)n1c(-c2cc(Cl)ccc2O)nc2ccc(F)cc21. The molecule has 0 atom stereocenters. The summed E-state index contributed by atoms with van der Waals surface area (Å²) in [5, 5.41) is 10.6. The standard InChI is InChI=1S/C16H14ClFN2O/c1-9(2)20-14-8-11(18)4-5-13(14)19-16(20)12-7-10(17)3-6-15(12)21/h3-9,21H,1-2H3. The first-order valence-electron chi connectivity index (χ1n) is 6.63. The summed E-state index contributed by atoms with van der Waals surface area (Å²) in [5.74, 6) is 0.355. The molecule has 0 aliphatic carbocycles. The van der Waals surface area contributed by atoms with E-state index < -0.39 is 0 Å². The summed E-state index contributed by atoms with van der Waals surface area (Å²) in [7, 11) is 0. The summed E-state index contributed by atoms with van der Waals surface area (Å²) in [6, 6.07) is 9.33. The fraction of sp³-hybridized carbons (Fsp3) is 0.188. The summed E-state index contributed by atoms with van der Waals surface area (Å²) in [5.41, 5.74) is 1.91. The third kappa shape index (κ3) is 2.36. The molecular formula is C16H14ClFN2O. The molecule has 5 heteroatoms. The highest BCUT2D eigenvalue weighted by atomic mass is 35.5. The molecule has 0 aliphatic heterocycles. The van der Waals surface area contributed by atoms with Gasteiger partial charge in [0.25, 0.3) is 0 Å². The smallest absolute Gasteiger partial charge is 0.145 e. The average Bonchev–Trinajstić information content (AvgIpc) is 2.79. The molecule has 3 nitrogen and oxygen atoms in total. The molecule has 1 N–H and O–H groups in total. The van der Waals surface area contributed by atoms with E-state index in [1.807, 2.05) is 18.4 Å². The molecule has 1 heterocycles. The molecule has 0 aliphatic rings. The molecule has 1 aromatic heterocycles. The van der Waals surface area contributed by atoms with Crippen LogP contribution in [0.5, 0.6) is 5.75 Å². The van der Waals surface area contributed by atoms with Crippen LogP contribution in [-0.4, -0.2) is 14.7 Å². The molecule has 0 saturated heterocycles. The number of rotatable bonds is 2. The third-order valence-corrected chi connectivity index (χ3v) is 3.60. The first-order chi connectivity index (χ1) is 9.97. The number of halogens is 2. The molecule has 21 heavy (non-hydrogen) atoms. The molecule has 0 bridgehead atoms. The fourth-order valence-electron chi connectivity index (χ4n) is 2.47. The fourth-order valence-corrected chi connectivity index (χ4v) is 2.64. The zero-order valence-corrected chi connectivity index (χ0v) is 12.4. The van der Waals surface area contributed by atoms with Gasteiger partial charge >= 0.3 is 0 Å². The first kappa shape index (κ1) is 13.9. The van der Waals surface area contributed by atoms with E-state index in [-0.39, 0.29) is 17.6 Å². The van der Waals surface area contributed by atoms with Gasteiger partial charge in [-0.3, -0.25) is 0 Å². The maximum atomic E-state index is 13.5. The monoisotopic (exact) mass is 304 g/mol. The predicted octanol–water partition coefficient (Wildman–Crippen LogP) is 4.78. The van der Waals surface area contributed by atoms with Gasteiger partial charge in [-0.1, -0.05) is 11.6 Å². The Morgan fingerprint density at radius 1 is 1.19 bits per heavy atom. The summed E-state index contributed by atoms with van der Waals surface area (Å²) >= 11 is 6.01. The molecule has 3 aromatic rings. The van der Waals surface area contributed by atoms with E-state index in [0.717, 1.165) is 0 Å². The summed E-state index contributed by atoms with van der Waals surface area (Å²) < 4.78 is 15.4. The zero-order chi connectivity index (χ0) is 15.1. The molecule has 0 spiro atoms. The largest absolute Gasteiger partial charge is 0.507 e. The predicted molar refractivity (Wildman–Crippen MR) is 82.2 cm³/mol. The van der Waals surface area contributed by atoms with E-state index in [9.17, 15) is 9.50 Å². The molecule has 108 valence electrons. The van der Waals surface area contributed by atoms with Gasteiger partial charge in [-0.15, -0.1) is 0 Å². The Kier molecular flexibility index (Phi) is 3.33. The van der Waals surface area contributed by atoms with E-state index in [1.54, 1.807) is 18.2 Å². The van der Waals surface area contributed by atoms with Gasteiger partial charge in [0.05, 0.1) is 16.6 Å². The molecular weight excluding hydrogens is 291 g/mol. The van der Waals surface area contributed by atoms with Crippen LogP contribution < -0.4 is 0 Å². The Morgan fingerprint density at radius 2 is 1.95 bits per heavy atom. The number of phenolic OH excluding ortho intramolecular Hbond substituents is 1. The van der Waals surface area contributed by atoms with Crippen LogP contribution in [0.2, 0.25) is 5.02 Å².